The van der Waals surface area contributed by atoms with Gasteiger partial charge < -0.3 is 0 Å². The summed E-state index contributed by atoms with van der Waals surface area (Å²) in [6.07, 6.45) is 2.47. The van der Waals surface area contributed by atoms with E-state index in [1.165, 1.54) is 12.6 Å². The molecule has 0 aliphatic heterocycles. The van der Waals surface area contributed by atoms with Gasteiger partial charge in [-0.05, 0) is 24.1 Å². The molecule has 1 nitrogen and oxygen atoms in total. The average molecular weight is 278 g/mol. The van der Waals surface area contributed by atoms with Crippen molar-refractivity contribution < 1.29 is 0 Å². The normalized spacial score (nSPS) is 8.57. The Hall–Kier alpha value is -0.656. The lowest BCUT2D eigenvalue weighted by Gasteiger charge is -2.25. The summed E-state index contributed by atoms with van der Waals surface area (Å²) < 4.78 is 0. The zero-order valence-corrected chi connectivity index (χ0v) is 13.6. The molecule has 12 heteroatoms. The maximum Gasteiger partial charge on any atom is 0.0267 e. The van der Waals surface area contributed by atoms with Gasteiger partial charge in [0.2, 0.25) is 0 Å². The van der Waals surface area contributed by atoms with Crippen molar-refractivity contribution in [1.29, 1.82) is 0 Å². The summed E-state index contributed by atoms with van der Waals surface area (Å²) in [7, 11) is 33.5. The molecule has 0 unspecified atom stereocenters. The number of hydrogen-bond acceptors (Lipinski definition) is 1. The second-order valence-electron chi connectivity index (χ2n) is 4.98. The van der Waals surface area contributed by atoms with E-state index in [9.17, 15) is 0 Å². The van der Waals surface area contributed by atoms with Crippen LogP contribution in [0.1, 0.15) is 12.5 Å². The molecule has 1 aromatic heterocycles. The van der Waals surface area contributed by atoms with Gasteiger partial charge in [0.25, 0.3) is 0 Å². The lowest BCUT2D eigenvalue weighted by atomic mass is 8.56. The van der Waals surface area contributed by atoms with Gasteiger partial charge in [-0.3, -0.25) is 4.98 Å². The zero-order chi connectivity index (χ0) is 17.7. The molecule has 0 aliphatic rings. The summed E-state index contributed by atoms with van der Waals surface area (Å²) in [5.41, 5.74) is 1.31. The van der Waals surface area contributed by atoms with Gasteiger partial charge in [-0.1, -0.05) is 31.2 Å². The topological polar surface area (TPSA) is 12.9 Å². The summed E-state index contributed by atoms with van der Waals surface area (Å²) in [5.74, 6) is 0. The van der Waals surface area contributed by atoms with Crippen LogP contribution in [0.25, 0.3) is 0 Å². The van der Waals surface area contributed by atoms with Crippen molar-refractivity contribution in [2.75, 3.05) is 0 Å². The van der Waals surface area contributed by atoms with Gasteiger partial charge in [-0.25, -0.2) is 0 Å². The maximum absolute atomic E-state index is 5.52. The highest BCUT2D eigenvalue weighted by atomic mass is 14.6. The SMILES string of the molecule is CCc1cccccnccc1.[B][B]B([B])B(B([B])[B])B([B])[B]. The van der Waals surface area contributed by atoms with E-state index in [1.54, 1.807) is 12.4 Å². The summed E-state index contributed by atoms with van der Waals surface area (Å²) in [6, 6.07) is 12.1. The first-order chi connectivity index (χ1) is 10.9. The molecule has 23 heavy (non-hydrogen) atoms. The van der Waals surface area contributed by atoms with Gasteiger partial charge in [0.1, 0.15) is 0 Å². The Balaban J connectivity index is 0.000000423. The van der Waals surface area contributed by atoms with Gasteiger partial charge >= 0.3 is 0 Å². The molecule has 0 amide bonds. The Morgan fingerprint density at radius 1 is 0.913 bits per heavy atom. The summed E-state index contributed by atoms with van der Waals surface area (Å²) in [4.78, 5) is 4.03. The van der Waals surface area contributed by atoms with E-state index in [-0.39, 0.29) is 6.39 Å². The maximum atomic E-state index is 5.52. The Morgan fingerprint density at radius 2 is 1.48 bits per heavy atom. The highest BCUT2D eigenvalue weighted by Gasteiger charge is 2.26. The minimum atomic E-state index is -0.648. The van der Waals surface area contributed by atoms with E-state index in [0.717, 1.165) is 6.42 Å². The number of aryl methyl sites for hydroxylation is 1. The standard InChI is InChI=1S/C11H13N.B11/c1-2-11-7-4-3-5-9-12-10-6-8-11;1-7-10(6)11(8(2)3)9(4)5/h3-10H,2H2,1H3;. The molecule has 0 fully saturated rings. The van der Waals surface area contributed by atoms with Crippen LogP contribution in [0, 0.1) is 0 Å². The third-order valence-corrected chi connectivity index (χ3v) is 3.15. The molecule has 0 aliphatic carbocycles. The molecule has 0 N–H and O–H groups in total. The predicted octanol–water partition coefficient (Wildman–Crippen LogP) is -1.42. The number of hydrogen-bond donors (Lipinski definition) is 0. The molecule has 0 saturated heterocycles. The quantitative estimate of drug-likeness (QED) is 0.603. The van der Waals surface area contributed by atoms with Crippen LogP contribution in [0.2, 0.25) is 0 Å². The van der Waals surface area contributed by atoms with Crippen LogP contribution in [0.4, 0.5) is 0 Å². The van der Waals surface area contributed by atoms with Crippen LogP contribution in [0.5, 0.6) is 0 Å². The van der Waals surface area contributed by atoms with Crippen molar-refractivity contribution in [3.05, 3.63) is 54.4 Å². The molecule has 1 heterocycles. The Morgan fingerprint density at radius 3 is 1.96 bits per heavy atom. The van der Waals surface area contributed by atoms with Gasteiger partial charge in [-0.15, -0.1) is 0 Å². The van der Waals surface area contributed by atoms with Gasteiger partial charge in [0.05, 0.1) is 0 Å². The fourth-order valence-electron chi connectivity index (χ4n) is 1.80. The number of nitrogens with zero attached hydrogens (tertiary/aromatic N) is 1. The minimum Gasteiger partial charge on any atom is -0.265 e. The molecule has 1 rings (SSSR count). The van der Waals surface area contributed by atoms with Gasteiger partial charge in [0.15, 0.2) is 0 Å². The monoisotopic (exact) mass is 280 g/mol. The van der Waals surface area contributed by atoms with E-state index in [1.807, 2.05) is 24.3 Å². The van der Waals surface area contributed by atoms with E-state index in [4.69, 9.17) is 46.4 Å². The molecule has 0 aromatic carbocycles. The lowest BCUT2D eigenvalue weighted by molar-refractivity contribution is 1.14. The second-order valence-corrected chi connectivity index (χ2v) is 4.98. The van der Waals surface area contributed by atoms with Crippen molar-refractivity contribution in [3.63, 3.8) is 0 Å². The van der Waals surface area contributed by atoms with Gasteiger partial charge in [-0.2, -0.15) is 0 Å². The van der Waals surface area contributed by atoms with E-state index in [2.05, 4.69) is 24.0 Å². The van der Waals surface area contributed by atoms with Crippen molar-refractivity contribution in [1.82, 2.24) is 4.98 Å². The zero-order valence-electron chi connectivity index (χ0n) is 13.6. The summed E-state index contributed by atoms with van der Waals surface area (Å²) in [6.45, 7) is 2.14. The van der Waals surface area contributed by atoms with E-state index < -0.39 is 19.2 Å². The lowest BCUT2D eigenvalue weighted by Crippen LogP contribution is -2.63. The molecule has 0 bridgehead atoms. The number of rotatable bonds is 5. The van der Waals surface area contributed by atoms with E-state index in [0.29, 0.717) is 0 Å². The summed E-state index contributed by atoms with van der Waals surface area (Å²) >= 11 is 0. The molecule has 1 aromatic rings. The fraction of sp³-hybridized carbons (Fsp3) is 0.182. The molecule has 95 valence electrons. The third-order valence-electron chi connectivity index (χ3n) is 3.15. The molecule has 0 saturated carbocycles. The molecule has 0 atom stereocenters. The van der Waals surface area contributed by atoms with Crippen LogP contribution >= 0.6 is 0 Å². The largest absolute Gasteiger partial charge is 0.265 e. The third kappa shape index (κ3) is 10.7. The van der Waals surface area contributed by atoms with Crippen LogP contribution < -0.4 is 0 Å². The molecular weight excluding hydrogens is 265 g/mol. The van der Waals surface area contributed by atoms with Gasteiger partial charge in [0, 0.05) is 91.4 Å². The van der Waals surface area contributed by atoms with Crippen molar-refractivity contribution >= 4 is 79.0 Å². The average Bonchev–Trinajstić information content (AvgIpc) is 2.52. The first kappa shape index (κ1) is 22.3. The van der Waals surface area contributed by atoms with Crippen LogP contribution in [-0.4, -0.2) is 84.0 Å². The van der Waals surface area contributed by atoms with Crippen molar-refractivity contribution in [3.8, 4) is 0 Å². The van der Waals surface area contributed by atoms with Crippen LogP contribution in [-0.2, 0) is 6.42 Å². The Labute approximate surface area is 151 Å². The molecule has 13 radical (unpaired) electrons. The highest BCUT2D eigenvalue weighted by Crippen LogP contribution is 1.94. The number of aromatic nitrogens is 1. The first-order valence-electron chi connectivity index (χ1n) is 7.49. The Kier molecular flexibility index (Phi) is 13.4. The summed E-state index contributed by atoms with van der Waals surface area (Å²) in [5, 5.41) is 0. The smallest absolute Gasteiger partial charge is 0.0267 e. The molecule has 0 spiro atoms. The second kappa shape index (κ2) is 13.8. The first-order valence-corrected chi connectivity index (χ1v) is 7.49. The predicted molar refractivity (Wildman–Crippen MR) is 115 cm³/mol. The van der Waals surface area contributed by atoms with Crippen molar-refractivity contribution in [2.45, 2.75) is 13.3 Å². The van der Waals surface area contributed by atoms with Crippen molar-refractivity contribution in [2.24, 2.45) is 0 Å². The minimum absolute atomic E-state index is 0.389. The Bertz CT molecular complexity index is 439. The van der Waals surface area contributed by atoms with E-state index >= 15 is 0 Å². The molecular formula is C11H13B11N. The highest BCUT2D eigenvalue weighted by molar-refractivity contribution is 8.01. The van der Waals surface area contributed by atoms with Crippen LogP contribution in [0.3, 0.4) is 0 Å². The van der Waals surface area contributed by atoms with Crippen LogP contribution in [0.15, 0.2) is 48.8 Å². The fourth-order valence-corrected chi connectivity index (χ4v) is 1.80.